The van der Waals surface area contributed by atoms with E-state index in [-0.39, 0.29) is 17.8 Å². The summed E-state index contributed by atoms with van der Waals surface area (Å²) in [6.45, 7) is 3.11. The molecule has 5 rings (SSSR count). The van der Waals surface area contributed by atoms with Crippen molar-refractivity contribution >= 4 is 34.4 Å². The van der Waals surface area contributed by atoms with E-state index in [1.165, 1.54) is 23.5 Å². The van der Waals surface area contributed by atoms with Gasteiger partial charge in [-0.15, -0.1) is 11.3 Å². The molecular formula is C24H23FN4O2S. The van der Waals surface area contributed by atoms with Crippen molar-refractivity contribution in [3.63, 3.8) is 0 Å². The fraction of sp³-hybridized carbons (Fsp3) is 0.292. The molecule has 0 radical (unpaired) electrons. The van der Waals surface area contributed by atoms with Gasteiger partial charge in [0.2, 0.25) is 0 Å². The molecule has 0 saturated carbocycles. The van der Waals surface area contributed by atoms with Gasteiger partial charge in [-0.3, -0.25) is 4.79 Å². The number of nitrogens with one attached hydrogen (secondary N) is 1. The number of aryl methyl sites for hydroxylation is 1. The standard InChI is InChI=1S/C24H23FN4O2S/c1-15-27-21(22(32-15)16-9-11-17(25)12-10-16)23(30)29-13-5-4-6-18(29)14-26-24-28-19-7-2-3-8-20(19)31-24/h2-3,7-12,18H,4-6,13-14H2,1H3,(H,26,28). The molecule has 32 heavy (non-hydrogen) atoms. The maximum atomic E-state index is 13.6. The maximum Gasteiger partial charge on any atom is 0.295 e. The molecule has 0 aliphatic carbocycles. The number of nitrogens with zero attached hydrogens (tertiary/aromatic N) is 3. The molecular weight excluding hydrogens is 427 g/mol. The SMILES string of the molecule is Cc1nc(C(=O)N2CCCCC2CNc2nc3ccccc3o2)c(-c2ccc(F)cc2)s1. The summed E-state index contributed by atoms with van der Waals surface area (Å²) in [7, 11) is 0. The van der Waals surface area contributed by atoms with E-state index < -0.39 is 0 Å². The van der Waals surface area contributed by atoms with Gasteiger partial charge >= 0.3 is 0 Å². The molecule has 1 saturated heterocycles. The highest BCUT2D eigenvalue weighted by Crippen LogP contribution is 2.32. The summed E-state index contributed by atoms with van der Waals surface area (Å²) in [6, 6.07) is 14.3. The first kappa shape index (κ1) is 20.6. The number of carbonyl (C=O) groups is 1. The molecule has 1 fully saturated rings. The molecule has 8 heteroatoms. The lowest BCUT2D eigenvalue weighted by molar-refractivity contribution is 0.0623. The van der Waals surface area contributed by atoms with Gasteiger partial charge in [0.15, 0.2) is 5.58 Å². The summed E-state index contributed by atoms with van der Waals surface area (Å²) >= 11 is 1.46. The Labute approximate surface area is 189 Å². The highest BCUT2D eigenvalue weighted by Gasteiger charge is 2.31. The van der Waals surface area contributed by atoms with Crippen molar-refractivity contribution < 1.29 is 13.6 Å². The number of likely N-dealkylation sites (tertiary alicyclic amines) is 1. The van der Waals surface area contributed by atoms with Gasteiger partial charge in [0, 0.05) is 19.1 Å². The Kier molecular flexibility index (Phi) is 5.61. The summed E-state index contributed by atoms with van der Waals surface area (Å²) in [5, 5.41) is 4.08. The number of piperidine rings is 1. The zero-order valence-corrected chi connectivity index (χ0v) is 18.5. The van der Waals surface area contributed by atoms with Crippen molar-refractivity contribution in [1.82, 2.24) is 14.9 Å². The summed E-state index contributed by atoms with van der Waals surface area (Å²) in [6.07, 6.45) is 2.92. The number of amides is 1. The molecule has 1 atom stereocenters. The lowest BCUT2D eigenvalue weighted by Crippen LogP contribution is -2.47. The fourth-order valence-corrected chi connectivity index (χ4v) is 5.05. The number of halogens is 1. The van der Waals surface area contributed by atoms with Crippen molar-refractivity contribution in [2.75, 3.05) is 18.4 Å². The fourth-order valence-electron chi connectivity index (χ4n) is 4.14. The number of fused-ring (bicyclic) bond motifs is 1. The molecule has 1 N–H and O–H groups in total. The molecule has 4 aromatic rings. The average Bonchev–Trinajstić information content (AvgIpc) is 3.41. The van der Waals surface area contributed by atoms with Crippen LogP contribution in [0.2, 0.25) is 0 Å². The van der Waals surface area contributed by atoms with E-state index in [2.05, 4.69) is 15.3 Å². The predicted molar refractivity (Wildman–Crippen MR) is 123 cm³/mol. The van der Waals surface area contributed by atoms with Gasteiger partial charge in [-0.1, -0.05) is 24.3 Å². The lowest BCUT2D eigenvalue weighted by atomic mass is 10.0. The Hall–Kier alpha value is -3.26. The first-order chi connectivity index (χ1) is 15.6. The van der Waals surface area contributed by atoms with E-state index in [0.29, 0.717) is 24.8 Å². The van der Waals surface area contributed by atoms with Crippen LogP contribution in [0.15, 0.2) is 52.9 Å². The van der Waals surface area contributed by atoms with Gasteiger partial charge in [0.05, 0.1) is 9.88 Å². The van der Waals surface area contributed by atoms with Crippen LogP contribution in [0.25, 0.3) is 21.5 Å². The zero-order chi connectivity index (χ0) is 22.1. The van der Waals surface area contributed by atoms with Gasteiger partial charge in [0.25, 0.3) is 11.9 Å². The van der Waals surface area contributed by atoms with E-state index in [1.807, 2.05) is 36.1 Å². The maximum absolute atomic E-state index is 13.6. The summed E-state index contributed by atoms with van der Waals surface area (Å²) < 4.78 is 19.2. The Morgan fingerprint density at radius 3 is 2.81 bits per heavy atom. The largest absolute Gasteiger partial charge is 0.424 e. The van der Waals surface area contributed by atoms with Crippen molar-refractivity contribution in [3.05, 3.63) is 65.0 Å². The number of hydrogen-bond acceptors (Lipinski definition) is 6. The van der Waals surface area contributed by atoms with Crippen LogP contribution in [0.4, 0.5) is 10.4 Å². The minimum atomic E-state index is -0.302. The smallest absolute Gasteiger partial charge is 0.295 e. The molecule has 0 spiro atoms. The number of aromatic nitrogens is 2. The van der Waals surface area contributed by atoms with Gasteiger partial charge in [-0.05, 0) is 56.0 Å². The molecule has 1 aliphatic rings. The first-order valence-corrected chi connectivity index (χ1v) is 11.5. The number of carbonyl (C=O) groups excluding carboxylic acids is 1. The summed E-state index contributed by atoms with van der Waals surface area (Å²) in [5.41, 5.74) is 2.77. The van der Waals surface area contributed by atoms with Crippen LogP contribution < -0.4 is 5.32 Å². The van der Waals surface area contributed by atoms with Crippen LogP contribution in [0, 0.1) is 12.7 Å². The van der Waals surface area contributed by atoms with Crippen molar-refractivity contribution in [3.8, 4) is 10.4 Å². The first-order valence-electron chi connectivity index (χ1n) is 10.7. The second kappa shape index (κ2) is 8.70. The Balaban J connectivity index is 1.36. The molecule has 2 aromatic heterocycles. The third-order valence-electron chi connectivity index (χ3n) is 5.71. The average molecular weight is 451 g/mol. The van der Waals surface area contributed by atoms with Crippen LogP contribution in [0.1, 0.15) is 34.8 Å². The molecule has 1 amide bonds. The third-order valence-corrected chi connectivity index (χ3v) is 6.73. The normalized spacial score (nSPS) is 16.4. The Morgan fingerprint density at radius 1 is 1.19 bits per heavy atom. The topological polar surface area (TPSA) is 71.3 Å². The Bertz CT molecular complexity index is 1220. The van der Waals surface area contributed by atoms with Crippen molar-refractivity contribution in [2.24, 2.45) is 0 Å². The minimum Gasteiger partial charge on any atom is -0.424 e. The molecule has 3 heterocycles. The predicted octanol–water partition coefficient (Wildman–Crippen LogP) is 5.51. The summed E-state index contributed by atoms with van der Waals surface area (Å²) in [4.78, 5) is 25.3. The summed E-state index contributed by atoms with van der Waals surface area (Å²) in [5.74, 6) is -0.387. The molecule has 1 unspecified atom stereocenters. The third kappa shape index (κ3) is 4.10. The van der Waals surface area contributed by atoms with E-state index in [1.54, 1.807) is 12.1 Å². The molecule has 1 aliphatic heterocycles. The molecule has 0 bridgehead atoms. The highest BCUT2D eigenvalue weighted by molar-refractivity contribution is 7.15. The zero-order valence-electron chi connectivity index (χ0n) is 17.7. The molecule has 6 nitrogen and oxygen atoms in total. The van der Waals surface area contributed by atoms with E-state index in [9.17, 15) is 9.18 Å². The minimum absolute atomic E-state index is 0.00864. The lowest BCUT2D eigenvalue weighted by Gasteiger charge is -2.35. The Morgan fingerprint density at radius 2 is 2.00 bits per heavy atom. The number of benzene rings is 2. The van der Waals surface area contributed by atoms with Crippen LogP contribution in [0.5, 0.6) is 0 Å². The molecule has 164 valence electrons. The second-order valence-electron chi connectivity index (χ2n) is 7.93. The van der Waals surface area contributed by atoms with Crippen molar-refractivity contribution in [1.29, 1.82) is 0 Å². The van der Waals surface area contributed by atoms with Gasteiger partial charge in [-0.25, -0.2) is 9.37 Å². The van der Waals surface area contributed by atoms with Crippen LogP contribution in [0.3, 0.4) is 0 Å². The second-order valence-corrected chi connectivity index (χ2v) is 9.14. The number of rotatable bonds is 5. The van der Waals surface area contributed by atoms with Gasteiger partial charge in [-0.2, -0.15) is 4.98 Å². The number of para-hydroxylation sites is 2. The monoisotopic (exact) mass is 450 g/mol. The molecule has 2 aromatic carbocycles. The number of hydrogen-bond donors (Lipinski definition) is 1. The van der Waals surface area contributed by atoms with Crippen LogP contribution >= 0.6 is 11.3 Å². The number of thiazole rings is 1. The van der Waals surface area contributed by atoms with Crippen molar-refractivity contribution in [2.45, 2.75) is 32.2 Å². The highest BCUT2D eigenvalue weighted by atomic mass is 32.1. The van der Waals surface area contributed by atoms with Gasteiger partial charge in [0.1, 0.15) is 17.0 Å². The van der Waals surface area contributed by atoms with E-state index in [0.717, 1.165) is 45.8 Å². The van der Waals surface area contributed by atoms with E-state index in [4.69, 9.17) is 4.42 Å². The van der Waals surface area contributed by atoms with E-state index >= 15 is 0 Å². The number of anilines is 1. The van der Waals surface area contributed by atoms with Crippen LogP contribution in [-0.4, -0.2) is 39.9 Å². The quantitative estimate of drug-likeness (QED) is 0.434. The van der Waals surface area contributed by atoms with Gasteiger partial charge < -0.3 is 14.6 Å². The van der Waals surface area contributed by atoms with Crippen LogP contribution in [-0.2, 0) is 0 Å². The number of oxazole rings is 1.